The maximum atomic E-state index is 14.7. The van der Waals surface area contributed by atoms with Gasteiger partial charge in [0.15, 0.2) is 0 Å². The number of H-pyrrole nitrogens is 1. The minimum absolute atomic E-state index is 0.107. The van der Waals surface area contributed by atoms with Gasteiger partial charge in [-0.25, -0.2) is 17.5 Å². The summed E-state index contributed by atoms with van der Waals surface area (Å²) >= 11 is 13.2. The number of carbonyl (C=O) groups is 1. The van der Waals surface area contributed by atoms with E-state index in [-0.39, 0.29) is 16.5 Å². The lowest BCUT2D eigenvalue weighted by Gasteiger charge is -2.33. The molecule has 1 fully saturated rings. The average Bonchev–Trinajstić information content (AvgIpc) is 3.34. The highest BCUT2D eigenvalue weighted by molar-refractivity contribution is 7.88. The van der Waals surface area contributed by atoms with Gasteiger partial charge in [-0.15, -0.1) is 0 Å². The average molecular weight is 647 g/mol. The molecule has 6 rings (SSSR count). The molecule has 1 aliphatic heterocycles. The maximum absolute atomic E-state index is 14.7. The first-order chi connectivity index (χ1) is 20.3. The summed E-state index contributed by atoms with van der Waals surface area (Å²) in [5.74, 6) is -0.908. The summed E-state index contributed by atoms with van der Waals surface area (Å²) < 4.78 is 43.3. The number of aromatic nitrogens is 5. The highest BCUT2D eigenvalue weighted by Crippen LogP contribution is 2.48. The number of rotatable bonds is 8. The van der Waals surface area contributed by atoms with Crippen molar-refractivity contribution in [3.63, 3.8) is 0 Å². The zero-order valence-electron chi connectivity index (χ0n) is 23.8. The van der Waals surface area contributed by atoms with Crippen molar-refractivity contribution in [2.24, 2.45) is 7.05 Å². The summed E-state index contributed by atoms with van der Waals surface area (Å²) in [6.07, 6.45) is 5.51. The van der Waals surface area contributed by atoms with Crippen molar-refractivity contribution < 1.29 is 17.6 Å². The molecule has 3 heterocycles. The van der Waals surface area contributed by atoms with Crippen molar-refractivity contribution in [1.82, 2.24) is 34.8 Å². The predicted molar refractivity (Wildman–Crippen MR) is 161 cm³/mol. The molecule has 4 aromatic rings. The number of halogens is 3. The van der Waals surface area contributed by atoms with E-state index in [1.807, 2.05) is 26.1 Å². The third-order valence-corrected chi connectivity index (χ3v) is 9.64. The Morgan fingerprint density at radius 2 is 1.95 bits per heavy atom. The number of hydrogen-bond donors (Lipinski definition) is 2. The SMILES string of the molecule is CC1c2nn(C)c(-c3cc(Cl)cc(C4(NS(C)(=O)=O)CC4)c3)c2CCN1C(=O)c1cc(F)cc(CCc2cn[nH]n2)c1Cl. The summed E-state index contributed by atoms with van der Waals surface area (Å²) in [5, 5.41) is 15.9. The number of carbonyl (C=O) groups excluding carboxylic acids is 1. The van der Waals surface area contributed by atoms with E-state index in [0.29, 0.717) is 54.9 Å². The number of amides is 1. The molecule has 0 radical (unpaired) electrons. The molecular formula is C29H30Cl2FN7O3S. The fraction of sp³-hybridized carbons (Fsp3) is 0.379. The number of aromatic amines is 1. The van der Waals surface area contributed by atoms with Crippen molar-refractivity contribution in [1.29, 1.82) is 0 Å². The van der Waals surface area contributed by atoms with Crippen LogP contribution in [0.15, 0.2) is 36.5 Å². The lowest BCUT2D eigenvalue weighted by atomic mass is 9.93. The van der Waals surface area contributed by atoms with E-state index in [9.17, 15) is 17.6 Å². The Kier molecular flexibility index (Phi) is 7.60. The van der Waals surface area contributed by atoms with Crippen LogP contribution in [-0.2, 0) is 41.9 Å². The topological polar surface area (TPSA) is 126 Å². The van der Waals surface area contributed by atoms with Gasteiger partial charge in [0.05, 0.1) is 51.7 Å². The van der Waals surface area contributed by atoms with Crippen LogP contribution in [0.4, 0.5) is 4.39 Å². The van der Waals surface area contributed by atoms with Crippen LogP contribution in [0.25, 0.3) is 11.3 Å². The molecule has 2 aromatic carbocycles. The van der Waals surface area contributed by atoms with Gasteiger partial charge in [-0.3, -0.25) is 9.48 Å². The molecule has 0 bridgehead atoms. The molecule has 2 aliphatic rings. The number of hydrogen-bond acceptors (Lipinski definition) is 6. The highest BCUT2D eigenvalue weighted by Gasteiger charge is 2.47. The number of nitrogens with one attached hydrogen (secondary N) is 2. The fourth-order valence-corrected chi connectivity index (χ4v) is 7.61. The Bertz CT molecular complexity index is 1840. The lowest BCUT2D eigenvalue weighted by Crippen LogP contribution is -2.39. The Morgan fingerprint density at radius 1 is 1.19 bits per heavy atom. The first-order valence-electron chi connectivity index (χ1n) is 13.8. The number of nitrogens with zero attached hydrogens (tertiary/aromatic N) is 5. The monoisotopic (exact) mass is 645 g/mol. The van der Waals surface area contributed by atoms with Gasteiger partial charge in [0.25, 0.3) is 5.91 Å². The normalized spacial score (nSPS) is 17.6. The molecule has 226 valence electrons. The molecule has 1 unspecified atom stereocenters. The van der Waals surface area contributed by atoms with E-state index < -0.39 is 27.4 Å². The second kappa shape index (κ2) is 11.0. The molecule has 2 N–H and O–H groups in total. The van der Waals surface area contributed by atoms with Gasteiger partial charge >= 0.3 is 0 Å². The van der Waals surface area contributed by atoms with Crippen molar-refractivity contribution in [2.75, 3.05) is 12.8 Å². The number of aryl methyl sites for hydroxylation is 3. The van der Waals surface area contributed by atoms with Crippen LogP contribution in [0.2, 0.25) is 10.0 Å². The van der Waals surface area contributed by atoms with E-state index in [2.05, 4.69) is 20.1 Å². The fourth-order valence-electron chi connectivity index (χ4n) is 6.06. The molecular weight excluding hydrogens is 616 g/mol. The Morgan fingerprint density at radius 3 is 2.63 bits per heavy atom. The second-order valence-corrected chi connectivity index (χ2v) is 13.9. The van der Waals surface area contributed by atoms with Crippen LogP contribution in [0, 0.1) is 5.82 Å². The molecule has 1 atom stereocenters. The van der Waals surface area contributed by atoms with Crippen LogP contribution < -0.4 is 4.72 Å². The highest BCUT2D eigenvalue weighted by atomic mass is 35.5. The zero-order chi connectivity index (χ0) is 30.7. The maximum Gasteiger partial charge on any atom is 0.256 e. The molecule has 14 heteroatoms. The first-order valence-corrected chi connectivity index (χ1v) is 16.5. The van der Waals surface area contributed by atoms with Crippen LogP contribution in [0.1, 0.15) is 64.2 Å². The summed E-state index contributed by atoms with van der Waals surface area (Å²) in [6, 6.07) is 7.72. The molecule has 1 aliphatic carbocycles. The molecule has 1 saturated carbocycles. The van der Waals surface area contributed by atoms with Gasteiger partial charge in [0.2, 0.25) is 10.0 Å². The molecule has 1 amide bonds. The molecule has 0 spiro atoms. The lowest BCUT2D eigenvalue weighted by molar-refractivity contribution is 0.0673. The quantitative estimate of drug-likeness (QED) is 0.285. The zero-order valence-corrected chi connectivity index (χ0v) is 26.1. The predicted octanol–water partition coefficient (Wildman–Crippen LogP) is 4.73. The summed E-state index contributed by atoms with van der Waals surface area (Å²) in [7, 11) is -1.59. The second-order valence-electron chi connectivity index (χ2n) is 11.3. The number of fused-ring (bicyclic) bond motifs is 1. The Labute approximate surface area is 258 Å². The van der Waals surface area contributed by atoms with Crippen molar-refractivity contribution in [2.45, 2.75) is 50.6 Å². The van der Waals surface area contributed by atoms with E-state index in [4.69, 9.17) is 28.3 Å². The van der Waals surface area contributed by atoms with Crippen molar-refractivity contribution in [3.8, 4) is 11.3 Å². The van der Waals surface area contributed by atoms with E-state index in [1.54, 1.807) is 21.8 Å². The van der Waals surface area contributed by atoms with Crippen LogP contribution >= 0.6 is 23.2 Å². The molecule has 0 saturated heterocycles. The van der Waals surface area contributed by atoms with Gasteiger partial charge < -0.3 is 4.90 Å². The van der Waals surface area contributed by atoms with Gasteiger partial charge in [-0.1, -0.05) is 23.2 Å². The standard InChI is InChI=1S/C29H30Cl2FN7O3S/c1-16-26-23(27(38(2)35-26)18-10-19(13-20(30)11-18)29(7-8-29)36-43(3,41)42)6-9-39(16)28(40)24-14-21(32)12-17(25(24)31)4-5-22-15-33-37-34-22/h10-16,36H,4-9H2,1-3H3,(H,33,34,37). The minimum atomic E-state index is -3.42. The number of benzene rings is 2. The van der Waals surface area contributed by atoms with Gasteiger partial charge in [0, 0.05) is 29.7 Å². The van der Waals surface area contributed by atoms with Crippen LogP contribution in [0.3, 0.4) is 0 Å². The first kappa shape index (κ1) is 29.7. The van der Waals surface area contributed by atoms with E-state index in [0.717, 1.165) is 34.3 Å². The van der Waals surface area contributed by atoms with Gasteiger partial charge in [0.1, 0.15) is 5.82 Å². The summed E-state index contributed by atoms with van der Waals surface area (Å²) in [5.41, 5.74) is 4.85. The number of sulfonamides is 1. The van der Waals surface area contributed by atoms with Crippen molar-refractivity contribution in [3.05, 3.63) is 86.0 Å². The van der Waals surface area contributed by atoms with Crippen LogP contribution in [-0.4, -0.2) is 57.2 Å². The molecule has 43 heavy (non-hydrogen) atoms. The van der Waals surface area contributed by atoms with Crippen molar-refractivity contribution >= 4 is 39.1 Å². The Balaban J connectivity index is 1.29. The summed E-state index contributed by atoms with van der Waals surface area (Å²) in [6.45, 7) is 2.27. The molecule has 2 aromatic heterocycles. The van der Waals surface area contributed by atoms with Crippen LogP contribution in [0.5, 0.6) is 0 Å². The molecule has 10 nitrogen and oxygen atoms in total. The Hall–Kier alpha value is -3.32. The summed E-state index contributed by atoms with van der Waals surface area (Å²) in [4.78, 5) is 15.5. The third kappa shape index (κ3) is 5.81. The smallest absolute Gasteiger partial charge is 0.256 e. The minimum Gasteiger partial charge on any atom is -0.330 e. The van der Waals surface area contributed by atoms with Gasteiger partial charge in [-0.2, -0.15) is 20.5 Å². The largest absolute Gasteiger partial charge is 0.330 e. The van der Waals surface area contributed by atoms with Gasteiger partial charge in [-0.05, 0) is 80.5 Å². The third-order valence-electron chi connectivity index (χ3n) is 8.22. The van der Waals surface area contributed by atoms with E-state index in [1.165, 1.54) is 12.1 Å². The van der Waals surface area contributed by atoms with E-state index >= 15 is 0 Å².